The molecule has 0 aliphatic carbocycles. The van der Waals surface area contributed by atoms with E-state index < -0.39 is 0 Å². The third-order valence-electron chi connectivity index (χ3n) is 2.81. The van der Waals surface area contributed by atoms with E-state index in [1.54, 1.807) is 19.2 Å². The van der Waals surface area contributed by atoms with Crippen LogP contribution in [0.3, 0.4) is 0 Å². The number of methoxy groups -OCH3 is 1. The number of nitrogens with one attached hydrogen (secondary N) is 1. The lowest BCUT2D eigenvalue weighted by Crippen LogP contribution is -2.33. The highest BCUT2D eigenvalue weighted by Crippen LogP contribution is 2.19. The molecule has 5 nitrogen and oxygen atoms in total. The lowest BCUT2D eigenvalue weighted by atomic mass is 10.1. The van der Waals surface area contributed by atoms with Crippen LogP contribution >= 0.6 is 0 Å². The van der Waals surface area contributed by atoms with Crippen molar-refractivity contribution in [2.45, 2.75) is 6.54 Å². The first-order valence-corrected chi connectivity index (χ1v) is 5.86. The lowest BCUT2D eigenvalue weighted by Gasteiger charge is -2.08. The van der Waals surface area contributed by atoms with Crippen LogP contribution in [0.25, 0.3) is 0 Å². The Morgan fingerprint density at radius 2 is 2.05 bits per heavy atom. The molecule has 0 saturated carbocycles. The number of hydrazine groups is 1. The van der Waals surface area contributed by atoms with Crippen LogP contribution in [0.5, 0.6) is 5.75 Å². The zero-order valence-corrected chi connectivity index (χ0v) is 10.7. The van der Waals surface area contributed by atoms with Crippen LogP contribution in [0.1, 0.15) is 15.9 Å². The number of rotatable bonds is 4. The molecule has 1 aromatic carbocycles. The smallest absolute Gasteiger partial charge is 0.265 e. The number of benzene rings is 1. The van der Waals surface area contributed by atoms with Gasteiger partial charge in [-0.3, -0.25) is 10.2 Å². The number of pyridine rings is 1. The van der Waals surface area contributed by atoms with Crippen LogP contribution in [0.15, 0.2) is 48.8 Å². The van der Waals surface area contributed by atoms with Crippen molar-refractivity contribution in [3.05, 3.63) is 59.9 Å². The molecule has 0 fully saturated rings. The molecule has 3 N–H and O–H groups in total. The molecular formula is C14H16N3O2+. The molecule has 0 radical (unpaired) electrons. The van der Waals surface area contributed by atoms with Crippen LogP contribution in [0.2, 0.25) is 0 Å². The zero-order chi connectivity index (χ0) is 13.7. The molecule has 0 aliphatic rings. The van der Waals surface area contributed by atoms with Crippen molar-refractivity contribution in [2.24, 2.45) is 5.84 Å². The quantitative estimate of drug-likeness (QED) is 0.366. The van der Waals surface area contributed by atoms with E-state index in [1.807, 2.05) is 41.2 Å². The average molecular weight is 258 g/mol. The summed E-state index contributed by atoms with van der Waals surface area (Å²) < 4.78 is 7.35. The lowest BCUT2D eigenvalue weighted by molar-refractivity contribution is -0.688. The molecule has 0 unspecified atom stereocenters. The molecule has 5 heteroatoms. The molecule has 1 amide bonds. The molecule has 0 spiro atoms. The molecule has 0 aliphatic heterocycles. The van der Waals surface area contributed by atoms with Gasteiger partial charge in [-0.1, -0.05) is 6.07 Å². The Balaban J connectivity index is 2.29. The number of nitrogens with two attached hydrogens (primary N) is 1. The van der Waals surface area contributed by atoms with E-state index in [0.717, 1.165) is 5.56 Å². The van der Waals surface area contributed by atoms with Crippen LogP contribution < -0.4 is 20.6 Å². The standard InChI is InChI=1S/C14H15N3O2/c1-19-13-9-11(14(18)16-15)5-6-12(13)10-17-7-3-2-4-8-17/h2-9H,10,15H2,1H3/p+1. The van der Waals surface area contributed by atoms with Crippen LogP contribution in [-0.2, 0) is 6.54 Å². The summed E-state index contributed by atoms with van der Waals surface area (Å²) in [6, 6.07) is 11.2. The third-order valence-corrected chi connectivity index (χ3v) is 2.81. The van der Waals surface area contributed by atoms with Crippen LogP contribution in [-0.4, -0.2) is 13.0 Å². The van der Waals surface area contributed by atoms with Gasteiger partial charge < -0.3 is 4.74 Å². The fourth-order valence-electron chi connectivity index (χ4n) is 1.84. The summed E-state index contributed by atoms with van der Waals surface area (Å²) in [4.78, 5) is 11.5. The first-order valence-electron chi connectivity index (χ1n) is 5.86. The van der Waals surface area contributed by atoms with E-state index in [4.69, 9.17) is 10.6 Å². The largest absolute Gasteiger partial charge is 0.496 e. The Hall–Kier alpha value is -2.40. The van der Waals surface area contributed by atoms with Crippen LogP contribution in [0, 0.1) is 0 Å². The number of hydrogen-bond acceptors (Lipinski definition) is 3. The normalized spacial score (nSPS) is 10.0. The van der Waals surface area contributed by atoms with Gasteiger partial charge in [0.1, 0.15) is 5.75 Å². The van der Waals surface area contributed by atoms with Gasteiger partial charge in [0.25, 0.3) is 5.91 Å². The van der Waals surface area contributed by atoms with Crippen molar-refractivity contribution < 1.29 is 14.1 Å². The Labute approximate surface area is 111 Å². The van der Waals surface area contributed by atoms with Crippen molar-refractivity contribution in [2.75, 3.05) is 7.11 Å². The van der Waals surface area contributed by atoms with Crippen molar-refractivity contribution >= 4 is 5.91 Å². The minimum atomic E-state index is -0.336. The fraction of sp³-hybridized carbons (Fsp3) is 0.143. The van der Waals surface area contributed by atoms with E-state index in [2.05, 4.69) is 5.43 Å². The van der Waals surface area contributed by atoms with Crippen molar-refractivity contribution in [3.63, 3.8) is 0 Å². The Kier molecular flexibility index (Phi) is 4.10. The summed E-state index contributed by atoms with van der Waals surface area (Å²) in [6.07, 6.45) is 3.94. The van der Waals surface area contributed by atoms with Crippen molar-refractivity contribution in [1.29, 1.82) is 0 Å². The topological polar surface area (TPSA) is 68.2 Å². The maximum Gasteiger partial charge on any atom is 0.265 e. The maximum atomic E-state index is 11.5. The van der Waals surface area contributed by atoms with Gasteiger partial charge >= 0.3 is 0 Å². The predicted molar refractivity (Wildman–Crippen MR) is 70.4 cm³/mol. The molecule has 19 heavy (non-hydrogen) atoms. The third kappa shape index (κ3) is 3.08. The molecule has 2 rings (SSSR count). The molecular weight excluding hydrogens is 242 g/mol. The highest BCUT2D eigenvalue weighted by molar-refractivity contribution is 5.94. The summed E-state index contributed by atoms with van der Waals surface area (Å²) in [5.74, 6) is 5.44. The minimum absolute atomic E-state index is 0.336. The van der Waals surface area contributed by atoms with Crippen LogP contribution in [0.4, 0.5) is 0 Å². The van der Waals surface area contributed by atoms with Crippen molar-refractivity contribution in [1.82, 2.24) is 5.43 Å². The Bertz CT molecular complexity index is 570. The van der Waals surface area contributed by atoms with Crippen molar-refractivity contribution in [3.8, 4) is 5.75 Å². The molecule has 1 aromatic heterocycles. The maximum absolute atomic E-state index is 11.5. The number of amides is 1. The number of ether oxygens (including phenoxy) is 1. The number of carbonyl (C=O) groups excluding carboxylic acids is 1. The van der Waals surface area contributed by atoms with Gasteiger partial charge in [-0.2, -0.15) is 0 Å². The Morgan fingerprint density at radius 1 is 1.32 bits per heavy atom. The van der Waals surface area contributed by atoms with Gasteiger partial charge in [-0.15, -0.1) is 0 Å². The monoisotopic (exact) mass is 258 g/mol. The number of nitrogen functional groups attached to an aromatic ring is 1. The average Bonchev–Trinajstić information content (AvgIpc) is 2.48. The van der Waals surface area contributed by atoms with Gasteiger partial charge in [0.05, 0.1) is 12.7 Å². The molecule has 0 saturated heterocycles. The number of carbonyl (C=O) groups is 1. The zero-order valence-electron chi connectivity index (χ0n) is 10.7. The Morgan fingerprint density at radius 3 is 2.68 bits per heavy atom. The first-order chi connectivity index (χ1) is 9.24. The SMILES string of the molecule is COc1cc(C(=O)NN)ccc1C[n+]1ccccc1. The van der Waals surface area contributed by atoms with Gasteiger partial charge in [0.2, 0.25) is 0 Å². The second-order valence-corrected chi connectivity index (χ2v) is 4.05. The number of nitrogens with zero attached hydrogens (tertiary/aromatic N) is 1. The van der Waals surface area contributed by atoms with Gasteiger partial charge in [0.15, 0.2) is 18.9 Å². The van der Waals surface area contributed by atoms with E-state index >= 15 is 0 Å². The first kappa shape index (κ1) is 13.0. The van der Waals surface area contributed by atoms with Gasteiger partial charge in [0, 0.05) is 17.7 Å². The van der Waals surface area contributed by atoms with E-state index in [9.17, 15) is 4.79 Å². The second kappa shape index (κ2) is 5.97. The fourth-order valence-corrected chi connectivity index (χ4v) is 1.84. The van der Waals surface area contributed by atoms with E-state index in [1.165, 1.54) is 0 Å². The molecule has 2 aromatic rings. The molecule has 1 heterocycles. The van der Waals surface area contributed by atoms with E-state index in [0.29, 0.717) is 17.9 Å². The summed E-state index contributed by atoms with van der Waals surface area (Å²) in [7, 11) is 1.58. The minimum Gasteiger partial charge on any atom is -0.496 e. The summed E-state index contributed by atoms with van der Waals surface area (Å²) in [5, 5.41) is 0. The molecule has 0 bridgehead atoms. The van der Waals surface area contributed by atoms with E-state index in [-0.39, 0.29) is 5.91 Å². The highest BCUT2D eigenvalue weighted by Gasteiger charge is 2.12. The summed E-state index contributed by atoms with van der Waals surface area (Å²) in [5.41, 5.74) is 3.57. The summed E-state index contributed by atoms with van der Waals surface area (Å²) >= 11 is 0. The predicted octanol–water partition coefficient (Wildman–Crippen LogP) is 0.635. The van der Waals surface area contributed by atoms with Gasteiger partial charge in [-0.05, 0) is 18.2 Å². The summed E-state index contributed by atoms with van der Waals surface area (Å²) in [6.45, 7) is 0.675. The number of hydrogen-bond donors (Lipinski definition) is 2. The number of aromatic nitrogens is 1. The molecule has 98 valence electrons. The molecule has 0 atom stereocenters. The second-order valence-electron chi connectivity index (χ2n) is 4.05. The highest BCUT2D eigenvalue weighted by atomic mass is 16.5. The van der Waals surface area contributed by atoms with Gasteiger partial charge in [-0.25, -0.2) is 10.4 Å².